The number of halogens is 2. The number of aliphatic carboxylic acids is 1. The maximum absolute atomic E-state index is 13.7. The van der Waals surface area contributed by atoms with Gasteiger partial charge in [-0.1, -0.05) is 6.07 Å². The summed E-state index contributed by atoms with van der Waals surface area (Å²) in [6.45, 7) is 1.36. The molecule has 7 heteroatoms. The Morgan fingerprint density at radius 2 is 2.00 bits per heavy atom. The van der Waals surface area contributed by atoms with E-state index in [1.165, 1.54) is 13.0 Å². The molecule has 1 aliphatic heterocycles. The van der Waals surface area contributed by atoms with E-state index < -0.39 is 35.0 Å². The third-order valence-electron chi connectivity index (χ3n) is 3.62. The van der Waals surface area contributed by atoms with Crippen molar-refractivity contribution in [2.24, 2.45) is 0 Å². The molecule has 2 unspecified atom stereocenters. The Hall–Kier alpha value is -2.02. The van der Waals surface area contributed by atoms with Crippen LogP contribution < -0.4 is 5.32 Å². The molecule has 1 heterocycles. The Morgan fingerprint density at radius 3 is 2.48 bits per heavy atom. The van der Waals surface area contributed by atoms with E-state index in [9.17, 15) is 23.5 Å². The van der Waals surface area contributed by atoms with Crippen LogP contribution >= 0.6 is 0 Å². The van der Waals surface area contributed by atoms with E-state index in [4.69, 9.17) is 4.74 Å². The second kappa shape index (κ2) is 5.77. The molecule has 0 radical (unpaired) electrons. The number of nitrogens with one attached hydrogen (secondary N) is 1. The smallest absolute Gasteiger partial charge is 0.331 e. The van der Waals surface area contributed by atoms with Gasteiger partial charge in [-0.15, -0.1) is 0 Å². The lowest BCUT2D eigenvalue weighted by Crippen LogP contribution is -2.56. The van der Waals surface area contributed by atoms with Gasteiger partial charge >= 0.3 is 5.97 Å². The number of benzene rings is 1. The monoisotopic (exact) mass is 299 g/mol. The first-order chi connectivity index (χ1) is 9.87. The average molecular weight is 299 g/mol. The first kappa shape index (κ1) is 15.4. The van der Waals surface area contributed by atoms with Crippen molar-refractivity contribution < 1.29 is 28.2 Å². The Morgan fingerprint density at radius 1 is 1.38 bits per heavy atom. The summed E-state index contributed by atoms with van der Waals surface area (Å²) < 4.78 is 32.3. The molecule has 0 aromatic heterocycles. The predicted molar refractivity (Wildman–Crippen MR) is 68.7 cm³/mol. The van der Waals surface area contributed by atoms with E-state index in [0.717, 1.165) is 12.1 Å². The summed E-state index contributed by atoms with van der Waals surface area (Å²) in [6, 6.07) is 3.30. The van der Waals surface area contributed by atoms with Crippen molar-refractivity contribution >= 4 is 11.9 Å². The van der Waals surface area contributed by atoms with Gasteiger partial charge in [0.2, 0.25) is 5.91 Å². The molecular weight excluding hydrogens is 284 g/mol. The van der Waals surface area contributed by atoms with Crippen LogP contribution in [0.25, 0.3) is 0 Å². The van der Waals surface area contributed by atoms with Crippen molar-refractivity contribution in [2.45, 2.75) is 24.8 Å². The van der Waals surface area contributed by atoms with Gasteiger partial charge in [0.05, 0.1) is 12.5 Å². The fourth-order valence-corrected chi connectivity index (χ4v) is 2.29. The summed E-state index contributed by atoms with van der Waals surface area (Å²) in [5, 5.41) is 11.6. The van der Waals surface area contributed by atoms with Gasteiger partial charge in [-0.05, 0) is 19.1 Å². The number of rotatable bonds is 4. The molecule has 0 bridgehead atoms. The highest BCUT2D eigenvalue weighted by Gasteiger charge is 2.44. The van der Waals surface area contributed by atoms with Crippen LogP contribution in [0.2, 0.25) is 0 Å². The predicted octanol–water partition coefficient (Wildman–Crippen LogP) is 1.43. The molecule has 5 nitrogen and oxygen atoms in total. The number of carboxylic acid groups (broad SMARTS) is 1. The molecule has 0 aliphatic carbocycles. The maximum atomic E-state index is 13.7. The molecule has 2 atom stereocenters. The molecule has 0 spiro atoms. The minimum absolute atomic E-state index is 0.112. The van der Waals surface area contributed by atoms with Crippen LogP contribution in [0, 0.1) is 11.6 Å². The summed E-state index contributed by atoms with van der Waals surface area (Å²) in [7, 11) is 0. The zero-order chi connectivity index (χ0) is 15.6. The molecule has 1 aliphatic rings. The third kappa shape index (κ3) is 2.87. The highest BCUT2D eigenvalue weighted by Crippen LogP contribution is 2.25. The maximum Gasteiger partial charge on any atom is 0.331 e. The number of carbonyl (C=O) groups excluding carboxylic acids is 1. The Bertz CT molecular complexity index is 550. The zero-order valence-corrected chi connectivity index (χ0v) is 11.4. The molecule has 2 N–H and O–H groups in total. The minimum atomic E-state index is -1.53. The third-order valence-corrected chi connectivity index (χ3v) is 3.62. The van der Waals surface area contributed by atoms with Crippen molar-refractivity contribution in [3.63, 3.8) is 0 Å². The van der Waals surface area contributed by atoms with Crippen molar-refractivity contribution in [1.29, 1.82) is 0 Å². The van der Waals surface area contributed by atoms with Gasteiger partial charge in [-0.2, -0.15) is 0 Å². The van der Waals surface area contributed by atoms with Crippen molar-refractivity contribution in [3.05, 3.63) is 35.4 Å². The van der Waals surface area contributed by atoms with E-state index in [2.05, 4.69) is 5.32 Å². The number of carboxylic acids is 1. The number of ether oxygens (including phenoxy) is 1. The average Bonchev–Trinajstić information content (AvgIpc) is 2.88. The van der Waals surface area contributed by atoms with Crippen LogP contribution in [-0.2, 0) is 14.3 Å². The van der Waals surface area contributed by atoms with Crippen LogP contribution in [-0.4, -0.2) is 35.7 Å². The molecule has 2 rings (SSSR count). The second-order valence-electron chi connectivity index (χ2n) is 5.04. The molecule has 1 aromatic carbocycles. The summed E-state index contributed by atoms with van der Waals surface area (Å²) in [5.41, 5.74) is -1.91. The molecule has 1 aromatic rings. The second-order valence-corrected chi connectivity index (χ2v) is 5.04. The fourth-order valence-electron chi connectivity index (χ4n) is 2.29. The Balaban J connectivity index is 2.22. The van der Waals surface area contributed by atoms with Crippen LogP contribution in [0.3, 0.4) is 0 Å². The van der Waals surface area contributed by atoms with Gasteiger partial charge in [-0.25, -0.2) is 13.6 Å². The fraction of sp³-hybridized carbons (Fsp3) is 0.429. The molecular formula is C14H15F2NO4. The summed E-state index contributed by atoms with van der Waals surface area (Å²) >= 11 is 0. The molecule has 1 amide bonds. The number of hydrogen-bond acceptors (Lipinski definition) is 3. The summed E-state index contributed by atoms with van der Waals surface area (Å²) in [5.74, 6) is -4.82. The van der Waals surface area contributed by atoms with E-state index >= 15 is 0 Å². The largest absolute Gasteiger partial charge is 0.479 e. The van der Waals surface area contributed by atoms with E-state index in [0.29, 0.717) is 0 Å². The quantitative estimate of drug-likeness (QED) is 0.882. The topological polar surface area (TPSA) is 75.6 Å². The molecule has 114 valence electrons. The molecule has 1 saturated heterocycles. The van der Waals surface area contributed by atoms with Gasteiger partial charge in [0, 0.05) is 18.6 Å². The summed E-state index contributed by atoms with van der Waals surface area (Å²) in [4.78, 5) is 23.5. The zero-order valence-electron chi connectivity index (χ0n) is 11.4. The normalized spacial score (nSPS) is 22.8. The Kier molecular flexibility index (Phi) is 4.22. The molecule has 21 heavy (non-hydrogen) atoms. The van der Waals surface area contributed by atoms with Crippen LogP contribution in [0.1, 0.15) is 24.8 Å². The van der Waals surface area contributed by atoms with Gasteiger partial charge in [0.15, 0.2) is 5.54 Å². The molecule has 1 fully saturated rings. The van der Waals surface area contributed by atoms with Crippen LogP contribution in [0.5, 0.6) is 0 Å². The standard InChI is InChI=1S/C14H15F2NO4/c1-8(11-9(15)3-2-4-10(11)16)12(18)17-14(13(19)20)5-6-21-7-14/h2-4,8H,5-7H2,1H3,(H,17,18)(H,19,20). The van der Waals surface area contributed by atoms with Crippen LogP contribution in [0.15, 0.2) is 18.2 Å². The SMILES string of the molecule is CC(C(=O)NC1(C(=O)O)CCOC1)c1c(F)cccc1F. The van der Waals surface area contributed by atoms with Crippen molar-refractivity contribution in [1.82, 2.24) is 5.32 Å². The van der Waals surface area contributed by atoms with Crippen molar-refractivity contribution in [3.8, 4) is 0 Å². The highest BCUT2D eigenvalue weighted by molar-refractivity contribution is 5.90. The first-order valence-corrected chi connectivity index (χ1v) is 6.44. The van der Waals surface area contributed by atoms with E-state index in [-0.39, 0.29) is 25.2 Å². The molecule has 0 saturated carbocycles. The highest BCUT2D eigenvalue weighted by atomic mass is 19.1. The number of carbonyl (C=O) groups is 2. The first-order valence-electron chi connectivity index (χ1n) is 6.44. The lowest BCUT2D eigenvalue weighted by atomic mass is 9.94. The van der Waals surface area contributed by atoms with Crippen LogP contribution in [0.4, 0.5) is 8.78 Å². The van der Waals surface area contributed by atoms with Gasteiger partial charge in [0.1, 0.15) is 11.6 Å². The lowest BCUT2D eigenvalue weighted by molar-refractivity contribution is -0.147. The van der Waals surface area contributed by atoms with E-state index in [1.807, 2.05) is 0 Å². The van der Waals surface area contributed by atoms with Gasteiger partial charge in [-0.3, -0.25) is 4.79 Å². The summed E-state index contributed by atoms with van der Waals surface area (Å²) in [6.07, 6.45) is 0.112. The number of hydrogen-bond donors (Lipinski definition) is 2. The number of amides is 1. The lowest BCUT2D eigenvalue weighted by Gasteiger charge is -2.26. The van der Waals surface area contributed by atoms with Gasteiger partial charge in [0.25, 0.3) is 0 Å². The van der Waals surface area contributed by atoms with E-state index in [1.54, 1.807) is 0 Å². The van der Waals surface area contributed by atoms with Crippen molar-refractivity contribution in [2.75, 3.05) is 13.2 Å². The minimum Gasteiger partial charge on any atom is -0.479 e. The Labute approximate surface area is 119 Å². The van der Waals surface area contributed by atoms with Gasteiger partial charge < -0.3 is 15.2 Å².